The Labute approximate surface area is 118 Å². The molecule has 0 bridgehead atoms. The molecule has 0 radical (unpaired) electrons. The Balaban J connectivity index is 3.04. The van der Waals surface area contributed by atoms with Gasteiger partial charge in [-0.05, 0) is 60.9 Å². The molecule has 0 aliphatic carbocycles. The van der Waals surface area contributed by atoms with Gasteiger partial charge in [-0.2, -0.15) is 0 Å². The van der Waals surface area contributed by atoms with Crippen molar-refractivity contribution in [2.24, 2.45) is 0 Å². The Bertz CT molecular complexity index is 416. The molecule has 0 amide bonds. The smallest absolute Gasteiger partial charge is 0.224 e. The minimum absolute atomic E-state index is 0.442. The van der Waals surface area contributed by atoms with E-state index in [2.05, 4.69) is 19.9 Å². The van der Waals surface area contributed by atoms with Crippen molar-refractivity contribution in [1.29, 1.82) is 0 Å². The lowest BCUT2D eigenvalue weighted by atomic mass is 10.0. The largest absolute Gasteiger partial charge is 0.479 e. The zero-order valence-corrected chi connectivity index (χ0v) is 12.9. The van der Waals surface area contributed by atoms with Crippen LogP contribution in [0.3, 0.4) is 0 Å². The Morgan fingerprint density at radius 1 is 1.47 bits per heavy atom. The molecule has 1 nitrogen and oxygen atoms in total. The van der Waals surface area contributed by atoms with Crippen LogP contribution in [0.1, 0.15) is 37.8 Å². The summed E-state index contributed by atoms with van der Waals surface area (Å²) in [6.45, 7) is 8.87. The molecule has 0 spiro atoms. The first-order valence-electron chi connectivity index (χ1n) is 5.60. The predicted octanol–water partition coefficient (Wildman–Crippen LogP) is 5.19. The van der Waals surface area contributed by atoms with E-state index in [1.54, 1.807) is 0 Å². The van der Waals surface area contributed by atoms with E-state index in [0.29, 0.717) is 16.9 Å². The van der Waals surface area contributed by atoms with Gasteiger partial charge in [0.1, 0.15) is 0 Å². The monoisotopic (exact) mass is 288 g/mol. The van der Waals surface area contributed by atoms with Crippen LogP contribution in [0.5, 0.6) is 0 Å². The topological polar surface area (TPSA) is 9.23 Å². The number of hydrogen-bond donors (Lipinski definition) is 0. The molecule has 0 heterocycles. The van der Waals surface area contributed by atoms with Crippen molar-refractivity contribution in [1.82, 2.24) is 0 Å². The van der Waals surface area contributed by atoms with E-state index in [4.69, 9.17) is 28.6 Å². The molecular weight excluding hydrogens is 272 g/mol. The maximum Gasteiger partial charge on any atom is 0.224 e. The number of halogens is 1. The molecule has 0 unspecified atom stereocenters. The van der Waals surface area contributed by atoms with Gasteiger partial charge in [0, 0.05) is 9.92 Å². The van der Waals surface area contributed by atoms with E-state index in [1.807, 2.05) is 19.9 Å². The third kappa shape index (κ3) is 4.16. The van der Waals surface area contributed by atoms with Gasteiger partial charge in [0.2, 0.25) is 4.38 Å². The first-order chi connectivity index (χ1) is 7.95. The molecule has 94 valence electrons. The van der Waals surface area contributed by atoms with Crippen LogP contribution in [0, 0.1) is 6.92 Å². The number of aryl methyl sites for hydroxylation is 1. The summed E-state index contributed by atoms with van der Waals surface area (Å²) in [5, 5.41) is 0.774. The normalized spacial score (nSPS) is 10.7. The number of ether oxygens (including phenoxy) is 1. The van der Waals surface area contributed by atoms with Gasteiger partial charge in [-0.3, -0.25) is 0 Å². The Morgan fingerprint density at radius 2 is 2.12 bits per heavy atom. The first kappa shape index (κ1) is 14.8. The van der Waals surface area contributed by atoms with Crippen molar-refractivity contribution >= 4 is 40.0 Å². The molecule has 0 atom stereocenters. The van der Waals surface area contributed by atoms with Crippen molar-refractivity contribution < 1.29 is 4.74 Å². The molecule has 1 rings (SSSR count). The Kier molecular flexibility index (Phi) is 5.77. The number of benzene rings is 1. The quantitative estimate of drug-likeness (QED) is 0.560. The fourth-order valence-electron chi connectivity index (χ4n) is 1.46. The summed E-state index contributed by atoms with van der Waals surface area (Å²) in [6.07, 6.45) is 0. The van der Waals surface area contributed by atoms with Gasteiger partial charge in [0.25, 0.3) is 0 Å². The van der Waals surface area contributed by atoms with Crippen LogP contribution >= 0.6 is 35.6 Å². The van der Waals surface area contributed by atoms with Crippen LogP contribution in [0.4, 0.5) is 0 Å². The molecular formula is C13H17ClOS2. The van der Waals surface area contributed by atoms with Crippen LogP contribution in [-0.4, -0.2) is 11.0 Å². The second kappa shape index (κ2) is 6.62. The summed E-state index contributed by atoms with van der Waals surface area (Å²) in [5.41, 5.74) is 2.36. The summed E-state index contributed by atoms with van der Waals surface area (Å²) >= 11 is 12.8. The molecule has 0 N–H and O–H groups in total. The molecule has 1 aromatic rings. The zero-order chi connectivity index (χ0) is 13.0. The highest BCUT2D eigenvalue weighted by Gasteiger charge is 2.12. The molecule has 4 heteroatoms. The molecule has 1 aromatic carbocycles. The number of hydrogen-bond acceptors (Lipinski definition) is 3. The lowest BCUT2D eigenvalue weighted by Crippen LogP contribution is -1.99. The summed E-state index contributed by atoms with van der Waals surface area (Å²) in [5.74, 6) is 0.442. The second-order valence-corrected chi connectivity index (χ2v) is 6.13. The van der Waals surface area contributed by atoms with E-state index in [-0.39, 0.29) is 0 Å². The van der Waals surface area contributed by atoms with E-state index in [0.717, 1.165) is 15.5 Å². The Morgan fingerprint density at radius 3 is 2.65 bits per heavy atom. The van der Waals surface area contributed by atoms with E-state index >= 15 is 0 Å². The average molecular weight is 289 g/mol. The fraction of sp³-hybridized carbons (Fsp3) is 0.462. The third-order valence-corrected chi connectivity index (χ3v) is 4.00. The zero-order valence-electron chi connectivity index (χ0n) is 10.5. The standard InChI is InChI=1S/C13H17ClOS2/c1-5-15-13(16)17-12-7-11(14)9(4)6-10(12)8(2)3/h6-8H,5H2,1-4H3. The number of rotatable bonds is 3. The van der Waals surface area contributed by atoms with Gasteiger partial charge in [-0.25, -0.2) is 0 Å². The van der Waals surface area contributed by atoms with Gasteiger partial charge < -0.3 is 4.74 Å². The third-order valence-electron chi connectivity index (χ3n) is 2.37. The lowest BCUT2D eigenvalue weighted by Gasteiger charge is -2.14. The maximum atomic E-state index is 6.15. The molecule has 0 aliphatic rings. The minimum Gasteiger partial charge on any atom is -0.479 e. The van der Waals surface area contributed by atoms with Gasteiger partial charge in [0.15, 0.2) is 0 Å². The van der Waals surface area contributed by atoms with Crippen LogP contribution in [0.15, 0.2) is 17.0 Å². The molecule has 0 aromatic heterocycles. The summed E-state index contributed by atoms with van der Waals surface area (Å²) in [7, 11) is 0. The van der Waals surface area contributed by atoms with Crippen LogP contribution in [0.2, 0.25) is 5.02 Å². The summed E-state index contributed by atoms with van der Waals surface area (Å²) in [6, 6.07) is 4.10. The highest BCUT2D eigenvalue weighted by atomic mass is 35.5. The van der Waals surface area contributed by atoms with Gasteiger partial charge in [-0.1, -0.05) is 31.5 Å². The van der Waals surface area contributed by atoms with Gasteiger partial charge in [-0.15, -0.1) is 0 Å². The lowest BCUT2D eigenvalue weighted by molar-refractivity contribution is 0.346. The van der Waals surface area contributed by atoms with Gasteiger partial charge in [0.05, 0.1) is 6.61 Å². The molecule has 0 fully saturated rings. The molecule has 0 saturated heterocycles. The van der Waals surface area contributed by atoms with Crippen molar-refractivity contribution in [2.45, 2.75) is 38.5 Å². The summed E-state index contributed by atoms with van der Waals surface area (Å²) in [4.78, 5) is 1.09. The van der Waals surface area contributed by atoms with Crippen molar-refractivity contribution in [3.8, 4) is 0 Å². The first-order valence-corrected chi connectivity index (χ1v) is 7.20. The van der Waals surface area contributed by atoms with E-state index in [9.17, 15) is 0 Å². The maximum absolute atomic E-state index is 6.15. The van der Waals surface area contributed by atoms with Crippen LogP contribution < -0.4 is 0 Å². The van der Waals surface area contributed by atoms with E-state index < -0.39 is 0 Å². The molecule has 0 saturated carbocycles. The van der Waals surface area contributed by atoms with Crippen molar-refractivity contribution in [2.75, 3.05) is 6.61 Å². The highest BCUT2D eigenvalue weighted by Crippen LogP contribution is 2.34. The van der Waals surface area contributed by atoms with Gasteiger partial charge >= 0.3 is 0 Å². The minimum atomic E-state index is 0.442. The average Bonchev–Trinajstić information content (AvgIpc) is 2.23. The van der Waals surface area contributed by atoms with Crippen molar-refractivity contribution in [3.63, 3.8) is 0 Å². The predicted molar refractivity (Wildman–Crippen MR) is 80.4 cm³/mol. The number of thiocarbonyl (C=S) groups is 1. The highest BCUT2D eigenvalue weighted by molar-refractivity contribution is 8.22. The van der Waals surface area contributed by atoms with Crippen LogP contribution in [-0.2, 0) is 4.74 Å². The number of thioether (sulfide) groups is 1. The Hall–Kier alpha value is -0.250. The fourth-order valence-corrected chi connectivity index (χ4v) is 3.02. The molecule has 0 aliphatic heterocycles. The van der Waals surface area contributed by atoms with Crippen molar-refractivity contribution in [3.05, 3.63) is 28.3 Å². The second-order valence-electron chi connectivity index (χ2n) is 4.08. The van der Waals surface area contributed by atoms with Crippen LogP contribution in [0.25, 0.3) is 0 Å². The van der Waals surface area contributed by atoms with E-state index in [1.165, 1.54) is 17.3 Å². The SMILES string of the molecule is CCOC(=S)Sc1cc(Cl)c(C)cc1C(C)C. The summed E-state index contributed by atoms with van der Waals surface area (Å²) < 4.78 is 5.85. The molecule has 17 heavy (non-hydrogen) atoms.